The third-order valence-electron chi connectivity index (χ3n) is 2.82. The average molecular weight is 202 g/mol. The van der Waals surface area contributed by atoms with Crippen LogP contribution in [0.5, 0.6) is 0 Å². The summed E-state index contributed by atoms with van der Waals surface area (Å²) < 4.78 is 0. The number of nitrogens with one attached hydrogen (secondary N) is 1. The van der Waals surface area contributed by atoms with Gasteiger partial charge >= 0.3 is 0 Å². The molecule has 0 aliphatic heterocycles. The fraction of sp³-hybridized carbons (Fsp3) is 0.462. The summed E-state index contributed by atoms with van der Waals surface area (Å²) in [5.41, 5.74) is 3.79. The molecule has 0 atom stereocenters. The average Bonchev–Trinajstić information content (AvgIpc) is 2.60. The summed E-state index contributed by atoms with van der Waals surface area (Å²) in [6, 6.07) is 2.05. The summed E-state index contributed by atoms with van der Waals surface area (Å²) in [4.78, 5) is 7.83. The second-order valence-corrected chi connectivity index (χ2v) is 4.67. The van der Waals surface area contributed by atoms with Crippen molar-refractivity contribution in [2.75, 3.05) is 0 Å². The molecule has 2 rings (SSSR count). The number of H-pyrrole nitrogens is 1. The fourth-order valence-corrected chi connectivity index (χ4v) is 2.02. The molecule has 0 aromatic carbocycles. The van der Waals surface area contributed by atoms with Crippen LogP contribution in [-0.4, -0.2) is 9.97 Å². The Hall–Kier alpha value is -1.31. The SMILES string of the molecule is CC(C)c1c[nH]c2ccnc(C(C)C)c12. The van der Waals surface area contributed by atoms with Gasteiger partial charge in [0.05, 0.1) is 5.69 Å². The summed E-state index contributed by atoms with van der Waals surface area (Å²) in [5.74, 6) is 1.02. The summed E-state index contributed by atoms with van der Waals surface area (Å²) in [7, 11) is 0. The van der Waals surface area contributed by atoms with Crippen LogP contribution >= 0.6 is 0 Å². The van der Waals surface area contributed by atoms with Crippen molar-refractivity contribution in [1.29, 1.82) is 0 Å². The lowest BCUT2D eigenvalue weighted by Crippen LogP contribution is -1.95. The Bertz CT molecular complexity index is 466. The number of hydrogen-bond donors (Lipinski definition) is 1. The minimum atomic E-state index is 0.474. The molecule has 15 heavy (non-hydrogen) atoms. The van der Waals surface area contributed by atoms with E-state index in [-0.39, 0.29) is 0 Å². The quantitative estimate of drug-likeness (QED) is 0.788. The van der Waals surface area contributed by atoms with E-state index >= 15 is 0 Å². The molecule has 0 saturated heterocycles. The van der Waals surface area contributed by atoms with Gasteiger partial charge in [-0.25, -0.2) is 0 Å². The largest absolute Gasteiger partial charge is 0.361 e. The van der Waals surface area contributed by atoms with E-state index in [4.69, 9.17) is 0 Å². The van der Waals surface area contributed by atoms with Crippen LogP contribution in [0.25, 0.3) is 10.9 Å². The molecule has 0 bridgehead atoms. The highest BCUT2D eigenvalue weighted by molar-refractivity contribution is 5.86. The first-order valence-electron chi connectivity index (χ1n) is 5.57. The van der Waals surface area contributed by atoms with Crippen molar-refractivity contribution >= 4 is 10.9 Å². The lowest BCUT2D eigenvalue weighted by Gasteiger charge is -2.09. The Morgan fingerprint density at radius 1 is 1.13 bits per heavy atom. The van der Waals surface area contributed by atoms with E-state index in [0.29, 0.717) is 11.8 Å². The maximum absolute atomic E-state index is 4.50. The number of aromatic nitrogens is 2. The molecule has 0 spiro atoms. The van der Waals surface area contributed by atoms with Crippen LogP contribution in [0.2, 0.25) is 0 Å². The van der Waals surface area contributed by atoms with Gasteiger partial charge < -0.3 is 4.98 Å². The first-order chi connectivity index (χ1) is 7.11. The Morgan fingerprint density at radius 3 is 2.47 bits per heavy atom. The molecular formula is C13H18N2. The van der Waals surface area contributed by atoms with Gasteiger partial charge in [0, 0.05) is 23.3 Å². The van der Waals surface area contributed by atoms with Crippen molar-refractivity contribution in [3.05, 3.63) is 29.7 Å². The Kier molecular flexibility index (Phi) is 2.51. The van der Waals surface area contributed by atoms with Gasteiger partial charge in [0.15, 0.2) is 0 Å². The number of fused-ring (bicyclic) bond motifs is 1. The molecule has 2 aromatic heterocycles. The molecule has 0 amide bonds. The highest BCUT2D eigenvalue weighted by atomic mass is 14.7. The van der Waals surface area contributed by atoms with Crippen molar-refractivity contribution in [1.82, 2.24) is 9.97 Å². The molecule has 2 heterocycles. The highest BCUT2D eigenvalue weighted by Crippen LogP contribution is 2.30. The maximum Gasteiger partial charge on any atom is 0.0525 e. The van der Waals surface area contributed by atoms with Crippen LogP contribution in [0.4, 0.5) is 0 Å². The predicted octanol–water partition coefficient (Wildman–Crippen LogP) is 3.81. The molecule has 0 saturated carbocycles. The lowest BCUT2D eigenvalue weighted by atomic mass is 9.97. The fourth-order valence-electron chi connectivity index (χ4n) is 2.02. The third kappa shape index (κ3) is 1.65. The van der Waals surface area contributed by atoms with Gasteiger partial charge in [-0.05, 0) is 23.5 Å². The van der Waals surface area contributed by atoms with Crippen LogP contribution in [-0.2, 0) is 0 Å². The number of pyridine rings is 1. The number of aromatic amines is 1. The van der Waals surface area contributed by atoms with Gasteiger partial charge in [-0.3, -0.25) is 4.98 Å². The van der Waals surface area contributed by atoms with Crippen molar-refractivity contribution in [3.8, 4) is 0 Å². The standard InChI is InChI=1S/C13H18N2/c1-8(2)10-7-15-11-5-6-14-13(9(3)4)12(10)11/h5-9,15H,1-4H3. The highest BCUT2D eigenvalue weighted by Gasteiger charge is 2.13. The molecule has 2 heteroatoms. The maximum atomic E-state index is 4.50. The van der Waals surface area contributed by atoms with Crippen LogP contribution in [0.15, 0.2) is 18.5 Å². The monoisotopic (exact) mass is 202 g/mol. The lowest BCUT2D eigenvalue weighted by molar-refractivity contribution is 0.825. The Labute approximate surface area is 90.7 Å². The molecule has 80 valence electrons. The topological polar surface area (TPSA) is 28.7 Å². The molecule has 0 aliphatic carbocycles. The van der Waals surface area contributed by atoms with Gasteiger partial charge in [0.2, 0.25) is 0 Å². The summed E-state index contributed by atoms with van der Waals surface area (Å²) in [5, 5.41) is 1.32. The molecule has 2 aromatic rings. The van der Waals surface area contributed by atoms with Crippen molar-refractivity contribution in [2.45, 2.75) is 39.5 Å². The van der Waals surface area contributed by atoms with Gasteiger partial charge in [-0.2, -0.15) is 0 Å². The van der Waals surface area contributed by atoms with E-state index in [9.17, 15) is 0 Å². The zero-order valence-corrected chi connectivity index (χ0v) is 9.83. The molecule has 0 unspecified atom stereocenters. The van der Waals surface area contributed by atoms with Gasteiger partial charge in [-0.15, -0.1) is 0 Å². The van der Waals surface area contributed by atoms with Crippen molar-refractivity contribution in [2.24, 2.45) is 0 Å². The van der Waals surface area contributed by atoms with Crippen molar-refractivity contribution < 1.29 is 0 Å². The van der Waals surface area contributed by atoms with Crippen LogP contribution in [0, 0.1) is 0 Å². The van der Waals surface area contributed by atoms with Crippen LogP contribution in [0.3, 0.4) is 0 Å². The summed E-state index contributed by atoms with van der Waals surface area (Å²) >= 11 is 0. The normalized spacial score (nSPS) is 11.9. The number of rotatable bonds is 2. The van der Waals surface area contributed by atoms with Crippen molar-refractivity contribution in [3.63, 3.8) is 0 Å². The smallest absolute Gasteiger partial charge is 0.0525 e. The Balaban J connectivity index is 2.75. The molecule has 1 N–H and O–H groups in total. The predicted molar refractivity (Wildman–Crippen MR) is 64.3 cm³/mol. The van der Waals surface area contributed by atoms with E-state index in [1.165, 1.54) is 22.2 Å². The Morgan fingerprint density at radius 2 is 1.87 bits per heavy atom. The third-order valence-corrected chi connectivity index (χ3v) is 2.82. The first kappa shape index (κ1) is 10.2. The summed E-state index contributed by atoms with van der Waals surface area (Å²) in [6.45, 7) is 8.83. The van der Waals surface area contributed by atoms with E-state index < -0.39 is 0 Å². The minimum Gasteiger partial charge on any atom is -0.361 e. The zero-order chi connectivity index (χ0) is 11.0. The van der Waals surface area contributed by atoms with Crippen LogP contribution in [0.1, 0.15) is 50.8 Å². The molecule has 0 aliphatic rings. The zero-order valence-electron chi connectivity index (χ0n) is 9.83. The molecule has 0 fully saturated rings. The van der Waals surface area contributed by atoms with Gasteiger partial charge in [0.25, 0.3) is 0 Å². The number of hydrogen-bond acceptors (Lipinski definition) is 1. The summed E-state index contributed by atoms with van der Waals surface area (Å²) in [6.07, 6.45) is 4.00. The van der Waals surface area contributed by atoms with Gasteiger partial charge in [-0.1, -0.05) is 27.7 Å². The second-order valence-electron chi connectivity index (χ2n) is 4.67. The van der Waals surface area contributed by atoms with E-state index in [2.05, 4.69) is 43.9 Å². The van der Waals surface area contributed by atoms with E-state index in [1.807, 2.05) is 12.3 Å². The van der Waals surface area contributed by atoms with E-state index in [0.717, 1.165) is 0 Å². The molecular weight excluding hydrogens is 184 g/mol. The molecule has 2 nitrogen and oxygen atoms in total. The minimum absolute atomic E-state index is 0.474. The van der Waals surface area contributed by atoms with Gasteiger partial charge in [0.1, 0.15) is 0 Å². The van der Waals surface area contributed by atoms with Crippen LogP contribution < -0.4 is 0 Å². The first-order valence-corrected chi connectivity index (χ1v) is 5.57. The molecule has 0 radical (unpaired) electrons. The number of nitrogens with zero attached hydrogens (tertiary/aromatic N) is 1. The second kappa shape index (κ2) is 3.69. The van der Waals surface area contributed by atoms with E-state index in [1.54, 1.807) is 0 Å².